The lowest BCUT2D eigenvalue weighted by molar-refractivity contribution is -0.124. The number of halogens is 2. The molecule has 2 aromatic carbocycles. The van der Waals surface area contributed by atoms with Gasteiger partial charge in [0.1, 0.15) is 5.50 Å². The summed E-state index contributed by atoms with van der Waals surface area (Å²) in [6.45, 7) is 0.409. The van der Waals surface area contributed by atoms with Gasteiger partial charge >= 0.3 is 0 Å². The number of carbonyl (C=O) groups excluding carboxylic acids is 1. The van der Waals surface area contributed by atoms with E-state index >= 15 is 0 Å². The molecule has 3 heterocycles. The van der Waals surface area contributed by atoms with E-state index in [4.69, 9.17) is 14.0 Å². The lowest BCUT2D eigenvalue weighted by Gasteiger charge is -2.41. The molecule has 2 saturated heterocycles. The molecule has 0 saturated carbocycles. The minimum atomic E-state index is -1.03. The molecule has 10 nitrogen and oxygen atoms in total. The number of hydrazine groups is 1. The van der Waals surface area contributed by atoms with Crippen LogP contribution in [0.4, 0.5) is 14.5 Å². The first-order chi connectivity index (χ1) is 17.0. The lowest BCUT2D eigenvalue weighted by Crippen LogP contribution is -2.64. The van der Waals surface area contributed by atoms with Crippen LogP contribution in [0.15, 0.2) is 40.9 Å². The Kier molecular flexibility index (Phi) is 6.56. The number of hydrogen-bond acceptors (Lipinski definition) is 10. The highest BCUT2D eigenvalue weighted by Gasteiger charge is 2.45. The number of fused-ring (bicyclic) bond motifs is 1. The quantitative estimate of drug-likeness (QED) is 0.443. The molecule has 5 rings (SSSR count). The molecular formula is C22H22F2N6O4S. The van der Waals surface area contributed by atoms with Gasteiger partial charge in [-0.2, -0.15) is 4.98 Å². The Labute approximate surface area is 203 Å². The Morgan fingerprint density at radius 1 is 1.14 bits per heavy atom. The maximum absolute atomic E-state index is 14.0. The van der Waals surface area contributed by atoms with Gasteiger partial charge in [-0.15, -0.1) is 11.8 Å². The molecule has 184 valence electrons. The number of hydrogen-bond donors (Lipinski definition) is 3. The van der Waals surface area contributed by atoms with Crippen molar-refractivity contribution in [1.82, 2.24) is 26.3 Å². The maximum Gasteiger partial charge on any atom is 0.237 e. The zero-order valence-corrected chi connectivity index (χ0v) is 19.6. The van der Waals surface area contributed by atoms with E-state index in [-0.39, 0.29) is 23.5 Å². The molecule has 13 heteroatoms. The topological polar surface area (TPSA) is 114 Å². The van der Waals surface area contributed by atoms with Crippen molar-refractivity contribution in [3.8, 4) is 22.9 Å². The van der Waals surface area contributed by atoms with E-state index in [1.807, 2.05) is 0 Å². The molecule has 3 N–H and O–H groups in total. The maximum atomic E-state index is 14.0. The summed E-state index contributed by atoms with van der Waals surface area (Å²) in [5.74, 6) is -0.555. The van der Waals surface area contributed by atoms with Gasteiger partial charge in [0.15, 0.2) is 23.1 Å². The molecule has 0 aliphatic carbocycles. The van der Waals surface area contributed by atoms with Gasteiger partial charge in [0.2, 0.25) is 17.6 Å². The fraction of sp³-hybridized carbons (Fsp3) is 0.318. The summed E-state index contributed by atoms with van der Waals surface area (Å²) in [5, 5.41) is 7.36. The van der Waals surface area contributed by atoms with E-state index < -0.39 is 23.1 Å². The van der Waals surface area contributed by atoms with Gasteiger partial charge in [-0.25, -0.2) is 14.2 Å². The van der Waals surface area contributed by atoms with Crippen LogP contribution >= 0.6 is 11.8 Å². The highest BCUT2D eigenvalue weighted by Crippen LogP contribution is 2.34. The van der Waals surface area contributed by atoms with Crippen molar-refractivity contribution >= 4 is 23.4 Å². The van der Waals surface area contributed by atoms with Crippen LogP contribution < -0.4 is 30.5 Å². The first-order valence-electron chi connectivity index (χ1n) is 10.7. The van der Waals surface area contributed by atoms with Gasteiger partial charge in [0.05, 0.1) is 32.1 Å². The fourth-order valence-electron chi connectivity index (χ4n) is 3.98. The Bertz CT molecular complexity index is 1240. The largest absolute Gasteiger partial charge is 0.493 e. The van der Waals surface area contributed by atoms with Gasteiger partial charge in [-0.3, -0.25) is 20.4 Å². The first kappa shape index (κ1) is 23.5. The summed E-state index contributed by atoms with van der Waals surface area (Å²) in [7, 11) is 3.09. The smallest absolute Gasteiger partial charge is 0.237 e. The Morgan fingerprint density at radius 3 is 2.74 bits per heavy atom. The van der Waals surface area contributed by atoms with E-state index in [1.165, 1.54) is 29.8 Å². The fourth-order valence-corrected chi connectivity index (χ4v) is 5.02. The van der Waals surface area contributed by atoms with Crippen LogP contribution in [-0.4, -0.2) is 48.5 Å². The van der Waals surface area contributed by atoms with Crippen molar-refractivity contribution in [3.05, 3.63) is 53.9 Å². The Hall–Kier alpha value is -3.26. The number of carbonyl (C=O) groups is 1. The second-order valence-electron chi connectivity index (χ2n) is 7.83. The third-order valence-corrected chi connectivity index (χ3v) is 6.83. The minimum Gasteiger partial charge on any atom is -0.493 e. The van der Waals surface area contributed by atoms with Crippen LogP contribution in [-0.2, 0) is 10.5 Å². The van der Waals surface area contributed by atoms with Crippen LogP contribution in [0.5, 0.6) is 11.5 Å². The standard InChI is InChI=1S/C22H22F2N6O4S/c1-32-16-6-3-11(7-17(16)33-2)19-26-18(34-29-19)10-35-22-27-20-13(9-25-28-20)21(31)30(22)12-4-5-14(23)15(24)8-12/h3-8,13,20,22,25,27-28H,9-10H2,1-2H3. The number of aromatic nitrogens is 2. The average molecular weight is 505 g/mol. The van der Waals surface area contributed by atoms with E-state index in [2.05, 4.69) is 26.3 Å². The van der Waals surface area contributed by atoms with E-state index in [9.17, 15) is 13.6 Å². The van der Waals surface area contributed by atoms with Gasteiger partial charge in [0, 0.05) is 23.9 Å². The molecule has 0 spiro atoms. The van der Waals surface area contributed by atoms with Crippen molar-refractivity contribution in [2.45, 2.75) is 17.4 Å². The van der Waals surface area contributed by atoms with Crippen molar-refractivity contribution in [1.29, 1.82) is 0 Å². The van der Waals surface area contributed by atoms with Gasteiger partial charge in [0.25, 0.3) is 0 Å². The number of nitrogens with zero attached hydrogens (tertiary/aromatic N) is 3. The van der Waals surface area contributed by atoms with Crippen molar-refractivity contribution < 1.29 is 27.6 Å². The number of rotatable bonds is 7. The van der Waals surface area contributed by atoms with Crippen LogP contribution in [0, 0.1) is 17.6 Å². The second kappa shape index (κ2) is 9.77. The molecule has 0 bridgehead atoms. The van der Waals surface area contributed by atoms with Crippen LogP contribution in [0.25, 0.3) is 11.4 Å². The second-order valence-corrected chi connectivity index (χ2v) is 8.90. The van der Waals surface area contributed by atoms with Crippen molar-refractivity contribution in [2.24, 2.45) is 5.92 Å². The summed E-state index contributed by atoms with van der Waals surface area (Å²) in [4.78, 5) is 19.1. The van der Waals surface area contributed by atoms with Crippen LogP contribution in [0.3, 0.4) is 0 Å². The van der Waals surface area contributed by atoms with E-state index in [1.54, 1.807) is 25.3 Å². The Balaban J connectivity index is 1.35. The number of anilines is 1. The number of ether oxygens (including phenoxy) is 2. The van der Waals surface area contributed by atoms with Gasteiger partial charge in [-0.05, 0) is 30.3 Å². The summed E-state index contributed by atoms with van der Waals surface area (Å²) in [5.41, 5.74) is 6.32. The van der Waals surface area contributed by atoms with Gasteiger partial charge in [-0.1, -0.05) is 5.16 Å². The number of thioether (sulfide) groups is 1. The monoisotopic (exact) mass is 504 g/mol. The summed E-state index contributed by atoms with van der Waals surface area (Å²) >= 11 is 1.31. The highest BCUT2D eigenvalue weighted by molar-refractivity contribution is 7.99. The molecular weight excluding hydrogens is 482 g/mol. The number of methoxy groups -OCH3 is 2. The zero-order valence-electron chi connectivity index (χ0n) is 18.7. The van der Waals surface area contributed by atoms with Crippen LogP contribution in [0.2, 0.25) is 0 Å². The molecule has 35 heavy (non-hydrogen) atoms. The molecule has 3 unspecified atom stereocenters. The zero-order chi connectivity index (χ0) is 24.5. The normalized spacial score (nSPS) is 21.8. The molecule has 3 atom stereocenters. The predicted octanol–water partition coefficient (Wildman–Crippen LogP) is 2.24. The van der Waals surface area contributed by atoms with Crippen LogP contribution in [0.1, 0.15) is 5.89 Å². The SMILES string of the molecule is COc1ccc(-c2noc(CSC3NC4NNCC4C(=O)N3c3ccc(F)c(F)c3)n2)cc1OC. The van der Waals surface area contributed by atoms with E-state index in [0.29, 0.717) is 35.3 Å². The number of benzene rings is 2. The predicted molar refractivity (Wildman–Crippen MR) is 123 cm³/mol. The van der Waals surface area contributed by atoms with Crippen molar-refractivity contribution in [3.63, 3.8) is 0 Å². The Morgan fingerprint density at radius 2 is 1.97 bits per heavy atom. The third kappa shape index (κ3) is 4.55. The molecule has 0 radical (unpaired) electrons. The lowest BCUT2D eigenvalue weighted by atomic mass is 10.0. The molecule has 2 aliphatic heterocycles. The van der Waals surface area contributed by atoms with E-state index in [0.717, 1.165) is 12.1 Å². The summed E-state index contributed by atoms with van der Waals surface area (Å²) < 4.78 is 43.5. The molecule has 1 aromatic heterocycles. The molecule has 3 aromatic rings. The summed E-state index contributed by atoms with van der Waals surface area (Å²) in [6, 6.07) is 8.67. The summed E-state index contributed by atoms with van der Waals surface area (Å²) in [6.07, 6.45) is -0.313. The first-order valence-corrected chi connectivity index (χ1v) is 11.7. The number of nitrogens with one attached hydrogen (secondary N) is 3. The van der Waals surface area contributed by atoms with Gasteiger partial charge < -0.3 is 14.0 Å². The van der Waals surface area contributed by atoms with Crippen molar-refractivity contribution in [2.75, 3.05) is 25.7 Å². The average Bonchev–Trinajstić information content (AvgIpc) is 3.54. The third-order valence-electron chi connectivity index (χ3n) is 5.75. The number of amides is 1. The molecule has 1 amide bonds. The molecule has 2 fully saturated rings. The molecule has 2 aliphatic rings. The minimum absolute atomic E-state index is 0.216. The highest BCUT2D eigenvalue weighted by atomic mass is 32.2.